The van der Waals surface area contributed by atoms with Gasteiger partial charge in [0.25, 0.3) is 0 Å². The number of halogens is 2. The maximum atomic E-state index is 13.9. The minimum Gasteiger partial charge on any atom is -0.478 e. The first-order valence-corrected chi connectivity index (χ1v) is 7.43. The summed E-state index contributed by atoms with van der Waals surface area (Å²) in [5, 5.41) is 16.3. The van der Waals surface area contributed by atoms with Crippen molar-refractivity contribution >= 4 is 5.97 Å². The quantitative estimate of drug-likeness (QED) is 0.886. The lowest BCUT2D eigenvalue weighted by Crippen LogP contribution is -2.18. The molecule has 122 valence electrons. The number of fused-ring (bicyclic) bond motifs is 1. The van der Waals surface area contributed by atoms with Crippen LogP contribution in [0, 0.1) is 11.6 Å². The number of rotatable bonds is 5. The molecule has 0 saturated heterocycles. The van der Waals surface area contributed by atoms with Crippen molar-refractivity contribution in [1.29, 1.82) is 0 Å². The second-order valence-corrected chi connectivity index (χ2v) is 5.68. The number of hydrogen-bond acceptors (Lipinski definition) is 3. The van der Waals surface area contributed by atoms with Gasteiger partial charge in [0.2, 0.25) is 0 Å². The van der Waals surface area contributed by atoms with Crippen LogP contribution in [0.3, 0.4) is 0 Å². The number of aromatic carboxylic acids is 1. The maximum absolute atomic E-state index is 13.9. The van der Waals surface area contributed by atoms with E-state index in [2.05, 4.69) is 10.4 Å². The summed E-state index contributed by atoms with van der Waals surface area (Å²) in [5.74, 6) is -3.07. The number of carboxylic acids is 1. The van der Waals surface area contributed by atoms with E-state index in [9.17, 15) is 13.6 Å². The van der Waals surface area contributed by atoms with E-state index in [4.69, 9.17) is 5.11 Å². The highest BCUT2D eigenvalue weighted by Gasteiger charge is 2.20. The molecule has 5 nitrogen and oxygen atoms in total. The molecule has 0 fully saturated rings. The van der Waals surface area contributed by atoms with Gasteiger partial charge in [0.15, 0.2) is 0 Å². The van der Waals surface area contributed by atoms with E-state index in [0.717, 1.165) is 42.8 Å². The van der Waals surface area contributed by atoms with Crippen molar-refractivity contribution in [3.8, 4) is 0 Å². The van der Waals surface area contributed by atoms with Crippen molar-refractivity contribution in [3.63, 3.8) is 0 Å². The van der Waals surface area contributed by atoms with E-state index >= 15 is 0 Å². The Labute approximate surface area is 131 Å². The van der Waals surface area contributed by atoms with Gasteiger partial charge in [-0.1, -0.05) is 0 Å². The Kier molecular flexibility index (Phi) is 4.12. The molecule has 1 aromatic heterocycles. The van der Waals surface area contributed by atoms with Crippen molar-refractivity contribution in [1.82, 2.24) is 15.1 Å². The van der Waals surface area contributed by atoms with E-state index in [1.165, 1.54) is 5.56 Å². The van der Waals surface area contributed by atoms with Crippen molar-refractivity contribution in [3.05, 3.63) is 51.8 Å². The average Bonchev–Trinajstić information content (AvgIpc) is 3.03. The van der Waals surface area contributed by atoms with E-state index in [1.54, 1.807) is 4.68 Å². The van der Waals surface area contributed by atoms with Crippen molar-refractivity contribution < 1.29 is 18.7 Å². The molecule has 2 N–H and O–H groups in total. The SMILES string of the molecule is Cn1nc2c(c1CNCc1c(F)cc(C(=O)O)cc1F)CCC2. The number of aryl methyl sites for hydroxylation is 2. The fraction of sp³-hybridized carbons (Fsp3) is 0.375. The molecule has 0 spiro atoms. The Bertz CT molecular complexity index is 748. The monoisotopic (exact) mass is 321 g/mol. The van der Waals surface area contributed by atoms with Crippen LogP contribution in [-0.2, 0) is 33.0 Å². The largest absolute Gasteiger partial charge is 0.478 e. The first kappa shape index (κ1) is 15.6. The van der Waals surface area contributed by atoms with Crippen LogP contribution in [0.5, 0.6) is 0 Å². The lowest BCUT2D eigenvalue weighted by Gasteiger charge is -2.10. The number of benzene rings is 1. The minimum atomic E-state index is -1.35. The molecule has 0 bridgehead atoms. The molecule has 0 radical (unpaired) electrons. The maximum Gasteiger partial charge on any atom is 0.335 e. The molecule has 3 rings (SSSR count). The van der Waals surface area contributed by atoms with Gasteiger partial charge in [-0.05, 0) is 37.0 Å². The van der Waals surface area contributed by atoms with Gasteiger partial charge in [-0.15, -0.1) is 0 Å². The van der Waals surface area contributed by atoms with Gasteiger partial charge in [0.05, 0.1) is 17.0 Å². The zero-order valence-corrected chi connectivity index (χ0v) is 12.7. The lowest BCUT2D eigenvalue weighted by molar-refractivity contribution is 0.0695. The van der Waals surface area contributed by atoms with E-state index in [0.29, 0.717) is 6.54 Å². The Morgan fingerprint density at radius 1 is 1.30 bits per heavy atom. The summed E-state index contributed by atoms with van der Waals surface area (Å²) in [5.41, 5.74) is 2.80. The molecule has 0 saturated carbocycles. The summed E-state index contributed by atoms with van der Waals surface area (Å²) in [4.78, 5) is 10.8. The van der Waals surface area contributed by atoms with Gasteiger partial charge < -0.3 is 10.4 Å². The molecular formula is C16H17F2N3O2. The standard InChI is InChI=1S/C16H17F2N3O2/c1-21-15(10-3-2-4-14(10)20-21)8-19-7-11-12(17)5-9(16(22)23)6-13(11)18/h5-6,19H,2-4,7-8H2,1H3,(H,22,23). The highest BCUT2D eigenvalue weighted by atomic mass is 19.1. The Morgan fingerprint density at radius 2 is 2.00 bits per heavy atom. The van der Waals surface area contributed by atoms with E-state index in [1.807, 2.05) is 7.05 Å². The summed E-state index contributed by atoms with van der Waals surface area (Å²) in [6.07, 6.45) is 3.05. The summed E-state index contributed by atoms with van der Waals surface area (Å²) in [6, 6.07) is 1.67. The predicted molar refractivity (Wildman–Crippen MR) is 79.1 cm³/mol. The van der Waals surface area contributed by atoms with Crippen LogP contribution < -0.4 is 5.32 Å². The van der Waals surface area contributed by atoms with Gasteiger partial charge in [-0.2, -0.15) is 5.10 Å². The number of nitrogens with zero attached hydrogens (tertiary/aromatic N) is 2. The van der Waals surface area contributed by atoms with Crippen molar-refractivity contribution in [2.45, 2.75) is 32.4 Å². The summed E-state index contributed by atoms with van der Waals surface area (Å²) < 4.78 is 29.6. The highest BCUT2D eigenvalue weighted by Crippen LogP contribution is 2.24. The van der Waals surface area contributed by atoms with E-state index < -0.39 is 23.2 Å². The predicted octanol–water partition coefficient (Wildman–Crippen LogP) is 2.18. The summed E-state index contributed by atoms with van der Waals surface area (Å²) >= 11 is 0. The molecule has 7 heteroatoms. The molecule has 0 aliphatic heterocycles. The normalized spacial score (nSPS) is 13.3. The third kappa shape index (κ3) is 2.96. The minimum absolute atomic E-state index is 0.0164. The zero-order valence-electron chi connectivity index (χ0n) is 12.7. The molecule has 1 heterocycles. The third-order valence-corrected chi connectivity index (χ3v) is 4.18. The van der Waals surface area contributed by atoms with Crippen LogP contribution in [0.15, 0.2) is 12.1 Å². The summed E-state index contributed by atoms with van der Waals surface area (Å²) in [6.45, 7) is 0.440. The average molecular weight is 321 g/mol. The fourth-order valence-electron chi connectivity index (χ4n) is 3.01. The fourth-order valence-corrected chi connectivity index (χ4v) is 3.01. The molecule has 23 heavy (non-hydrogen) atoms. The number of carboxylic acid groups (broad SMARTS) is 1. The van der Waals surface area contributed by atoms with Crippen LogP contribution >= 0.6 is 0 Å². The van der Waals surface area contributed by atoms with Crippen molar-refractivity contribution in [2.75, 3.05) is 0 Å². The topological polar surface area (TPSA) is 67.2 Å². The van der Waals surface area contributed by atoms with Crippen LogP contribution in [0.4, 0.5) is 8.78 Å². The molecule has 1 aliphatic carbocycles. The van der Waals surface area contributed by atoms with Crippen LogP contribution in [0.2, 0.25) is 0 Å². The molecule has 1 aromatic carbocycles. The molecule has 2 aromatic rings. The lowest BCUT2D eigenvalue weighted by atomic mass is 10.1. The molecule has 0 amide bonds. The number of hydrogen-bond donors (Lipinski definition) is 2. The summed E-state index contributed by atoms with van der Waals surface area (Å²) in [7, 11) is 1.86. The third-order valence-electron chi connectivity index (χ3n) is 4.18. The number of carbonyl (C=O) groups is 1. The molecule has 0 atom stereocenters. The van der Waals surface area contributed by atoms with E-state index in [-0.39, 0.29) is 12.1 Å². The van der Waals surface area contributed by atoms with Crippen LogP contribution in [0.25, 0.3) is 0 Å². The van der Waals surface area contributed by atoms with Crippen LogP contribution in [0.1, 0.15) is 39.3 Å². The smallest absolute Gasteiger partial charge is 0.335 e. The molecule has 1 aliphatic rings. The van der Waals surface area contributed by atoms with Gasteiger partial charge in [0, 0.05) is 25.7 Å². The van der Waals surface area contributed by atoms with Gasteiger partial charge >= 0.3 is 5.97 Å². The first-order valence-electron chi connectivity index (χ1n) is 7.43. The Hall–Kier alpha value is -2.28. The Morgan fingerprint density at radius 3 is 2.65 bits per heavy atom. The zero-order chi connectivity index (χ0) is 16.6. The first-order chi connectivity index (χ1) is 11.0. The highest BCUT2D eigenvalue weighted by molar-refractivity contribution is 5.87. The van der Waals surface area contributed by atoms with Gasteiger partial charge in [-0.25, -0.2) is 13.6 Å². The van der Waals surface area contributed by atoms with Gasteiger partial charge in [0.1, 0.15) is 11.6 Å². The van der Waals surface area contributed by atoms with Gasteiger partial charge in [-0.3, -0.25) is 4.68 Å². The molecule has 0 unspecified atom stereocenters. The van der Waals surface area contributed by atoms with Crippen molar-refractivity contribution in [2.24, 2.45) is 7.05 Å². The second kappa shape index (κ2) is 6.08. The Balaban J connectivity index is 1.71. The number of aromatic nitrogens is 2. The second-order valence-electron chi connectivity index (χ2n) is 5.68. The number of nitrogens with one attached hydrogen (secondary N) is 1. The van der Waals surface area contributed by atoms with Crippen LogP contribution in [-0.4, -0.2) is 20.9 Å². The molecular weight excluding hydrogens is 304 g/mol.